The van der Waals surface area contributed by atoms with E-state index in [1.54, 1.807) is 11.8 Å². The molecule has 148 valence electrons. The van der Waals surface area contributed by atoms with E-state index in [9.17, 15) is 9.59 Å². The number of carbonyl (C=O) groups is 2. The van der Waals surface area contributed by atoms with Crippen molar-refractivity contribution < 1.29 is 14.3 Å². The van der Waals surface area contributed by atoms with Crippen LogP contribution in [-0.4, -0.2) is 29.9 Å². The molecular formula is C23H28N2O3. The summed E-state index contributed by atoms with van der Waals surface area (Å²) in [4.78, 5) is 28.3. The van der Waals surface area contributed by atoms with Gasteiger partial charge in [0.2, 0.25) is 11.8 Å². The van der Waals surface area contributed by atoms with Gasteiger partial charge in [-0.05, 0) is 36.8 Å². The van der Waals surface area contributed by atoms with E-state index in [-0.39, 0.29) is 17.7 Å². The Balaban J connectivity index is 1.90. The number of anilines is 1. The minimum Gasteiger partial charge on any atom is -0.491 e. The van der Waals surface area contributed by atoms with Gasteiger partial charge in [-0.2, -0.15) is 0 Å². The maximum absolute atomic E-state index is 12.9. The van der Waals surface area contributed by atoms with E-state index >= 15 is 0 Å². The molecule has 3 rings (SSSR count). The fourth-order valence-corrected chi connectivity index (χ4v) is 3.33. The lowest BCUT2D eigenvalue weighted by atomic mass is 10.1. The van der Waals surface area contributed by atoms with Crippen LogP contribution in [0.1, 0.15) is 37.5 Å². The number of hydrogen-bond acceptors (Lipinski definition) is 3. The average molecular weight is 380 g/mol. The molecule has 0 saturated heterocycles. The molecule has 0 fully saturated rings. The van der Waals surface area contributed by atoms with Gasteiger partial charge in [-0.15, -0.1) is 0 Å². The summed E-state index contributed by atoms with van der Waals surface area (Å²) in [5, 5.41) is 0. The maximum atomic E-state index is 12.9. The molecule has 2 aromatic rings. The van der Waals surface area contributed by atoms with Gasteiger partial charge in [0.15, 0.2) is 0 Å². The standard InChI is InChI=1S/C23H28N2O3/c1-16(2)23(27)25(21-8-5-17(3)6-9-21)14-19-7-10-22-20(13-19)15-24(18(4)26)11-12-28-22/h5-10,13,16H,11-12,14-15H2,1-4H3. The molecule has 1 aliphatic rings. The van der Waals surface area contributed by atoms with Crippen molar-refractivity contribution in [2.24, 2.45) is 5.92 Å². The van der Waals surface area contributed by atoms with Gasteiger partial charge in [0.1, 0.15) is 12.4 Å². The van der Waals surface area contributed by atoms with Gasteiger partial charge in [-0.3, -0.25) is 9.59 Å². The molecule has 5 nitrogen and oxygen atoms in total. The zero-order chi connectivity index (χ0) is 20.3. The molecule has 0 aromatic heterocycles. The number of nitrogens with zero attached hydrogens (tertiary/aromatic N) is 2. The Labute approximate surface area is 166 Å². The monoisotopic (exact) mass is 380 g/mol. The lowest BCUT2D eigenvalue weighted by Crippen LogP contribution is -2.33. The number of rotatable bonds is 4. The Kier molecular flexibility index (Phi) is 6.02. The third-order valence-electron chi connectivity index (χ3n) is 5.00. The average Bonchev–Trinajstić information content (AvgIpc) is 2.88. The van der Waals surface area contributed by atoms with Crippen molar-refractivity contribution in [1.29, 1.82) is 0 Å². The fraction of sp³-hybridized carbons (Fsp3) is 0.391. The summed E-state index contributed by atoms with van der Waals surface area (Å²) in [6, 6.07) is 14.0. The third kappa shape index (κ3) is 4.53. The minimum absolute atomic E-state index is 0.0399. The highest BCUT2D eigenvalue weighted by molar-refractivity contribution is 5.94. The van der Waals surface area contributed by atoms with E-state index in [1.807, 2.05) is 68.1 Å². The van der Waals surface area contributed by atoms with Crippen LogP contribution in [0.5, 0.6) is 5.75 Å². The van der Waals surface area contributed by atoms with Crippen molar-refractivity contribution in [3.05, 3.63) is 59.2 Å². The zero-order valence-corrected chi connectivity index (χ0v) is 17.1. The zero-order valence-electron chi connectivity index (χ0n) is 17.1. The van der Waals surface area contributed by atoms with E-state index < -0.39 is 0 Å². The summed E-state index contributed by atoms with van der Waals surface area (Å²) in [6.07, 6.45) is 0. The highest BCUT2D eigenvalue weighted by Gasteiger charge is 2.21. The van der Waals surface area contributed by atoms with E-state index in [4.69, 9.17) is 4.74 Å². The first-order chi connectivity index (χ1) is 13.3. The Hall–Kier alpha value is -2.82. The molecule has 0 radical (unpaired) electrons. The van der Waals surface area contributed by atoms with Crippen molar-refractivity contribution in [2.45, 2.75) is 40.8 Å². The molecule has 0 unspecified atom stereocenters. The Bertz CT molecular complexity index is 859. The topological polar surface area (TPSA) is 49.9 Å². The molecule has 0 bridgehead atoms. The van der Waals surface area contributed by atoms with Gasteiger partial charge in [0.25, 0.3) is 0 Å². The van der Waals surface area contributed by atoms with Gasteiger partial charge in [0.05, 0.1) is 13.1 Å². The first-order valence-electron chi connectivity index (χ1n) is 9.73. The summed E-state index contributed by atoms with van der Waals surface area (Å²) in [5.41, 5.74) is 4.04. The third-order valence-corrected chi connectivity index (χ3v) is 5.00. The number of benzene rings is 2. The Morgan fingerprint density at radius 1 is 1.14 bits per heavy atom. The number of aryl methyl sites for hydroxylation is 1. The maximum Gasteiger partial charge on any atom is 0.229 e. The summed E-state index contributed by atoms with van der Waals surface area (Å²) in [6.45, 7) is 9.53. The highest BCUT2D eigenvalue weighted by Crippen LogP contribution is 2.27. The van der Waals surface area contributed by atoms with E-state index in [0.29, 0.717) is 26.2 Å². The molecule has 1 aliphatic heterocycles. The minimum atomic E-state index is -0.0985. The second-order valence-electron chi connectivity index (χ2n) is 7.65. The van der Waals surface area contributed by atoms with Gasteiger partial charge in [-0.25, -0.2) is 0 Å². The quantitative estimate of drug-likeness (QED) is 0.808. The normalized spacial score (nSPS) is 13.5. The van der Waals surface area contributed by atoms with Crippen molar-refractivity contribution in [2.75, 3.05) is 18.1 Å². The smallest absolute Gasteiger partial charge is 0.229 e. The summed E-state index contributed by atoms with van der Waals surface area (Å²) in [5.74, 6) is 0.835. The lowest BCUT2D eigenvalue weighted by molar-refractivity contribution is -0.129. The second-order valence-corrected chi connectivity index (χ2v) is 7.65. The number of amides is 2. The Morgan fingerprint density at radius 2 is 1.86 bits per heavy atom. The van der Waals surface area contributed by atoms with Crippen LogP contribution in [0.15, 0.2) is 42.5 Å². The lowest BCUT2D eigenvalue weighted by Gasteiger charge is -2.25. The molecule has 0 aliphatic carbocycles. The van der Waals surface area contributed by atoms with E-state index in [2.05, 4.69) is 0 Å². The fourth-order valence-electron chi connectivity index (χ4n) is 3.33. The van der Waals surface area contributed by atoms with Crippen LogP contribution in [0.3, 0.4) is 0 Å². The molecule has 1 heterocycles. The van der Waals surface area contributed by atoms with Crippen molar-refractivity contribution in [1.82, 2.24) is 4.90 Å². The van der Waals surface area contributed by atoms with Crippen molar-refractivity contribution in [3.63, 3.8) is 0 Å². The molecule has 0 spiro atoms. The van der Waals surface area contributed by atoms with Crippen LogP contribution in [0.2, 0.25) is 0 Å². The Morgan fingerprint density at radius 3 is 2.50 bits per heavy atom. The highest BCUT2D eigenvalue weighted by atomic mass is 16.5. The summed E-state index contributed by atoms with van der Waals surface area (Å²) in [7, 11) is 0. The van der Waals surface area contributed by atoms with E-state index in [0.717, 1.165) is 28.1 Å². The summed E-state index contributed by atoms with van der Waals surface area (Å²) < 4.78 is 5.80. The molecule has 0 N–H and O–H groups in total. The first-order valence-corrected chi connectivity index (χ1v) is 9.73. The molecule has 2 amide bonds. The second kappa shape index (κ2) is 8.46. The number of hydrogen-bond donors (Lipinski definition) is 0. The van der Waals surface area contributed by atoms with Gasteiger partial charge >= 0.3 is 0 Å². The summed E-state index contributed by atoms with van der Waals surface area (Å²) >= 11 is 0. The van der Waals surface area contributed by atoms with Crippen LogP contribution in [0.25, 0.3) is 0 Å². The van der Waals surface area contributed by atoms with Crippen molar-refractivity contribution >= 4 is 17.5 Å². The first kappa shape index (κ1) is 19.9. The SMILES string of the molecule is CC(=O)N1CCOc2ccc(CN(C(=O)C(C)C)c3ccc(C)cc3)cc2C1. The molecule has 0 atom stereocenters. The molecule has 28 heavy (non-hydrogen) atoms. The molecular weight excluding hydrogens is 352 g/mol. The van der Waals surface area contributed by atoms with Gasteiger partial charge in [0, 0.05) is 30.6 Å². The van der Waals surface area contributed by atoms with Crippen LogP contribution in [0, 0.1) is 12.8 Å². The molecule has 0 saturated carbocycles. The van der Waals surface area contributed by atoms with Crippen LogP contribution < -0.4 is 9.64 Å². The number of fused-ring (bicyclic) bond motifs is 1. The van der Waals surface area contributed by atoms with E-state index in [1.165, 1.54) is 0 Å². The van der Waals surface area contributed by atoms with Crippen molar-refractivity contribution in [3.8, 4) is 5.75 Å². The van der Waals surface area contributed by atoms with Gasteiger partial charge in [-0.1, -0.05) is 37.6 Å². The largest absolute Gasteiger partial charge is 0.491 e. The molecule has 5 heteroatoms. The van der Waals surface area contributed by atoms with Crippen LogP contribution in [0.4, 0.5) is 5.69 Å². The predicted molar refractivity (Wildman–Crippen MR) is 110 cm³/mol. The van der Waals surface area contributed by atoms with Crippen LogP contribution >= 0.6 is 0 Å². The van der Waals surface area contributed by atoms with Gasteiger partial charge < -0.3 is 14.5 Å². The predicted octanol–water partition coefficient (Wildman–Crippen LogP) is 3.93. The van der Waals surface area contributed by atoms with Crippen LogP contribution in [-0.2, 0) is 22.7 Å². The number of ether oxygens (including phenoxy) is 1. The molecule has 2 aromatic carbocycles. The number of carbonyl (C=O) groups excluding carboxylic acids is 2.